The topological polar surface area (TPSA) is 24.1 Å². The average Bonchev–Trinajstić information content (AvgIpc) is 3.05. The highest BCUT2D eigenvalue weighted by molar-refractivity contribution is 9.10. The van der Waals surface area contributed by atoms with Gasteiger partial charge >= 0.3 is 0 Å². The lowest BCUT2D eigenvalue weighted by molar-refractivity contribution is 0.362. The van der Waals surface area contributed by atoms with E-state index in [1.807, 2.05) is 6.07 Å². The molecule has 25 heavy (non-hydrogen) atoms. The molecule has 5 heteroatoms. The molecule has 1 saturated carbocycles. The molecule has 0 unspecified atom stereocenters. The Kier molecular flexibility index (Phi) is 6.07. The number of nitrogens with one attached hydrogen (secondary N) is 2. The first-order valence-corrected chi connectivity index (χ1v) is 9.85. The maximum atomic E-state index is 14.0. The average molecular weight is 421 g/mol. The molecule has 0 saturated heterocycles. The molecule has 1 aliphatic carbocycles. The molecule has 0 heterocycles. The fourth-order valence-corrected chi connectivity index (χ4v) is 4.16. The van der Waals surface area contributed by atoms with Gasteiger partial charge in [-0.05, 0) is 61.7 Å². The van der Waals surface area contributed by atoms with Gasteiger partial charge in [0.15, 0.2) is 5.11 Å². The molecular weight excluding hydrogens is 399 g/mol. The van der Waals surface area contributed by atoms with Gasteiger partial charge in [0, 0.05) is 10.0 Å². The first-order valence-electron chi connectivity index (χ1n) is 8.65. The maximum Gasteiger partial charge on any atom is 0.171 e. The smallest absolute Gasteiger partial charge is 0.171 e. The van der Waals surface area contributed by atoms with Crippen LogP contribution in [0.5, 0.6) is 0 Å². The molecule has 0 bridgehead atoms. The lowest BCUT2D eigenvalue weighted by Crippen LogP contribution is -2.48. The van der Waals surface area contributed by atoms with Crippen LogP contribution in [0.3, 0.4) is 0 Å². The summed E-state index contributed by atoms with van der Waals surface area (Å²) in [4.78, 5) is 0. The number of hydrogen-bond donors (Lipinski definition) is 2. The summed E-state index contributed by atoms with van der Waals surface area (Å²) in [6.45, 7) is 0. The second-order valence-corrected chi connectivity index (χ2v) is 8.00. The Morgan fingerprint density at radius 3 is 2.52 bits per heavy atom. The molecule has 132 valence electrons. The van der Waals surface area contributed by atoms with Crippen LogP contribution in [0.4, 0.5) is 10.1 Å². The molecule has 2 N–H and O–H groups in total. The zero-order chi connectivity index (χ0) is 17.7. The number of benzene rings is 2. The van der Waals surface area contributed by atoms with Crippen LogP contribution in [-0.2, 0) is 6.42 Å². The van der Waals surface area contributed by atoms with Gasteiger partial charge < -0.3 is 10.6 Å². The molecule has 3 rings (SSSR count). The highest BCUT2D eigenvalue weighted by Crippen LogP contribution is 2.34. The SMILES string of the molecule is Fc1cc(Br)ccc1NC(=S)NC1(CCc2ccccc2)CCCC1. The van der Waals surface area contributed by atoms with E-state index in [-0.39, 0.29) is 11.4 Å². The van der Waals surface area contributed by atoms with Gasteiger partial charge in [0.1, 0.15) is 5.82 Å². The summed E-state index contributed by atoms with van der Waals surface area (Å²) in [5.74, 6) is -0.316. The van der Waals surface area contributed by atoms with Crippen molar-refractivity contribution in [2.45, 2.75) is 44.1 Å². The van der Waals surface area contributed by atoms with E-state index < -0.39 is 0 Å². The van der Waals surface area contributed by atoms with Crippen LogP contribution >= 0.6 is 28.1 Å². The van der Waals surface area contributed by atoms with E-state index in [2.05, 4.69) is 50.8 Å². The summed E-state index contributed by atoms with van der Waals surface area (Å²) in [7, 11) is 0. The fourth-order valence-electron chi connectivity index (χ4n) is 3.50. The van der Waals surface area contributed by atoms with Gasteiger partial charge in [-0.1, -0.05) is 59.1 Å². The Bertz CT molecular complexity index is 730. The van der Waals surface area contributed by atoms with Crippen molar-refractivity contribution in [2.24, 2.45) is 0 Å². The van der Waals surface area contributed by atoms with E-state index in [4.69, 9.17) is 12.2 Å². The van der Waals surface area contributed by atoms with Gasteiger partial charge in [-0.25, -0.2) is 4.39 Å². The molecule has 1 aliphatic rings. The predicted molar refractivity (Wildman–Crippen MR) is 109 cm³/mol. The van der Waals surface area contributed by atoms with Crippen LogP contribution in [0.1, 0.15) is 37.7 Å². The first-order chi connectivity index (χ1) is 12.1. The summed E-state index contributed by atoms with van der Waals surface area (Å²) in [6, 6.07) is 15.4. The lowest BCUT2D eigenvalue weighted by atomic mass is 9.89. The molecule has 2 aromatic rings. The number of anilines is 1. The highest BCUT2D eigenvalue weighted by Gasteiger charge is 2.34. The van der Waals surface area contributed by atoms with Crippen molar-refractivity contribution in [3.05, 3.63) is 64.4 Å². The molecule has 0 spiro atoms. The van der Waals surface area contributed by atoms with Crippen LogP contribution in [0, 0.1) is 5.82 Å². The molecular formula is C20H22BrFN2S. The third-order valence-electron chi connectivity index (χ3n) is 4.85. The van der Waals surface area contributed by atoms with E-state index in [0.29, 0.717) is 15.3 Å². The third-order valence-corrected chi connectivity index (χ3v) is 5.55. The summed E-state index contributed by atoms with van der Waals surface area (Å²) >= 11 is 8.74. The normalized spacial score (nSPS) is 15.8. The van der Waals surface area contributed by atoms with Gasteiger partial charge in [-0.2, -0.15) is 0 Å². The van der Waals surface area contributed by atoms with E-state index in [1.54, 1.807) is 12.1 Å². The van der Waals surface area contributed by atoms with Gasteiger partial charge in [0.25, 0.3) is 0 Å². The maximum absolute atomic E-state index is 14.0. The quantitative estimate of drug-likeness (QED) is 0.595. The van der Waals surface area contributed by atoms with E-state index in [0.717, 1.165) is 25.7 Å². The molecule has 0 atom stereocenters. The number of halogens is 2. The Morgan fingerprint density at radius 2 is 1.84 bits per heavy atom. The Balaban J connectivity index is 1.63. The minimum atomic E-state index is -0.316. The molecule has 2 aromatic carbocycles. The summed E-state index contributed by atoms with van der Waals surface area (Å²) in [5, 5.41) is 7.00. The summed E-state index contributed by atoms with van der Waals surface area (Å²) in [5.41, 5.74) is 1.75. The zero-order valence-electron chi connectivity index (χ0n) is 14.0. The highest BCUT2D eigenvalue weighted by atomic mass is 79.9. The van der Waals surface area contributed by atoms with E-state index >= 15 is 0 Å². The van der Waals surface area contributed by atoms with Crippen LogP contribution < -0.4 is 10.6 Å². The van der Waals surface area contributed by atoms with Crippen molar-refractivity contribution < 1.29 is 4.39 Å². The summed E-state index contributed by atoms with van der Waals surface area (Å²) < 4.78 is 14.7. The van der Waals surface area contributed by atoms with Crippen molar-refractivity contribution >= 4 is 38.9 Å². The van der Waals surface area contributed by atoms with Crippen LogP contribution in [0.25, 0.3) is 0 Å². The molecule has 0 radical (unpaired) electrons. The van der Waals surface area contributed by atoms with E-state index in [1.165, 1.54) is 24.5 Å². The van der Waals surface area contributed by atoms with Gasteiger partial charge in [-0.15, -0.1) is 0 Å². The van der Waals surface area contributed by atoms with Crippen LogP contribution in [0.15, 0.2) is 53.0 Å². The molecule has 0 aliphatic heterocycles. The Morgan fingerprint density at radius 1 is 1.12 bits per heavy atom. The number of rotatable bonds is 5. The molecule has 0 amide bonds. The van der Waals surface area contributed by atoms with Crippen LogP contribution in [-0.4, -0.2) is 10.7 Å². The Labute approximate surface area is 162 Å². The number of aryl methyl sites for hydroxylation is 1. The second-order valence-electron chi connectivity index (χ2n) is 6.68. The lowest BCUT2D eigenvalue weighted by Gasteiger charge is -2.32. The first kappa shape index (κ1) is 18.3. The van der Waals surface area contributed by atoms with Crippen molar-refractivity contribution in [3.63, 3.8) is 0 Å². The van der Waals surface area contributed by atoms with Crippen molar-refractivity contribution in [1.82, 2.24) is 5.32 Å². The van der Waals surface area contributed by atoms with Crippen molar-refractivity contribution in [2.75, 3.05) is 5.32 Å². The van der Waals surface area contributed by atoms with Gasteiger partial charge in [0.05, 0.1) is 5.69 Å². The zero-order valence-corrected chi connectivity index (χ0v) is 16.4. The monoisotopic (exact) mass is 420 g/mol. The van der Waals surface area contributed by atoms with Gasteiger partial charge in [0.2, 0.25) is 0 Å². The Hall–Kier alpha value is -1.46. The minimum Gasteiger partial charge on any atom is -0.357 e. The van der Waals surface area contributed by atoms with Gasteiger partial charge in [-0.3, -0.25) is 0 Å². The number of thiocarbonyl (C=S) groups is 1. The standard InChI is InChI=1S/C20H22BrFN2S/c21-16-8-9-18(17(22)14-16)23-19(25)24-20(11-4-5-12-20)13-10-15-6-2-1-3-7-15/h1-3,6-9,14H,4-5,10-13H2,(H2,23,24,25). The molecule has 1 fully saturated rings. The largest absolute Gasteiger partial charge is 0.357 e. The van der Waals surface area contributed by atoms with Crippen molar-refractivity contribution in [1.29, 1.82) is 0 Å². The summed E-state index contributed by atoms with van der Waals surface area (Å²) in [6.07, 6.45) is 6.66. The van der Waals surface area contributed by atoms with E-state index in [9.17, 15) is 4.39 Å². The minimum absolute atomic E-state index is 0.00572. The van der Waals surface area contributed by atoms with Crippen LogP contribution in [0.2, 0.25) is 0 Å². The van der Waals surface area contributed by atoms with Crippen molar-refractivity contribution in [3.8, 4) is 0 Å². The molecule has 2 nitrogen and oxygen atoms in total. The third kappa shape index (κ3) is 5.02. The fraction of sp³-hybridized carbons (Fsp3) is 0.350. The predicted octanol–water partition coefficient (Wildman–Crippen LogP) is 5.82. The number of hydrogen-bond acceptors (Lipinski definition) is 1. The molecule has 0 aromatic heterocycles. The second kappa shape index (κ2) is 8.28.